The normalized spacial score (nSPS) is 31.4. The summed E-state index contributed by atoms with van der Waals surface area (Å²) in [6, 6.07) is -0.390. The number of ether oxygens (including phenoxy) is 1. The Morgan fingerprint density at radius 2 is 2.15 bits per heavy atom. The number of hydrogen-bond acceptors (Lipinski definition) is 3. The molecule has 1 aliphatic heterocycles. The van der Waals surface area contributed by atoms with Crippen molar-refractivity contribution in [1.82, 2.24) is 4.90 Å². The number of rotatable bonds is 5. The lowest BCUT2D eigenvalue weighted by molar-refractivity contribution is -0.154. The largest absolute Gasteiger partial charge is 0.467 e. The fourth-order valence-corrected chi connectivity index (χ4v) is 3.68. The molecule has 1 saturated heterocycles. The number of nitrogens with zero attached hydrogens (tertiary/aromatic N) is 1. The first-order valence-corrected chi connectivity index (χ1v) is 7.35. The number of methoxy groups -OCH3 is 1. The molecule has 0 spiro atoms. The van der Waals surface area contributed by atoms with E-state index in [1.165, 1.54) is 7.11 Å². The minimum Gasteiger partial charge on any atom is -0.467 e. The summed E-state index contributed by atoms with van der Waals surface area (Å²) in [6.45, 7) is 10.6. The van der Waals surface area contributed by atoms with Crippen molar-refractivity contribution < 1.29 is 14.3 Å². The maximum absolute atomic E-state index is 12.5. The van der Waals surface area contributed by atoms with Crippen LogP contribution in [-0.4, -0.2) is 36.5 Å². The fraction of sp³-hybridized carbons (Fsp3) is 0.750. The highest BCUT2D eigenvalue weighted by atomic mass is 16.5. The molecule has 0 radical (unpaired) electrons. The summed E-state index contributed by atoms with van der Waals surface area (Å²) in [5.74, 6) is 0.422. The minimum atomic E-state index is -0.390. The highest BCUT2D eigenvalue weighted by Gasteiger charge is 2.69. The molecule has 2 aliphatic rings. The third-order valence-corrected chi connectivity index (χ3v) is 5.16. The number of esters is 1. The summed E-state index contributed by atoms with van der Waals surface area (Å²) in [4.78, 5) is 26.4. The molecule has 1 aliphatic carbocycles. The molecule has 4 atom stereocenters. The van der Waals surface area contributed by atoms with Crippen molar-refractivity contribution >= 4 is 11.9 Å². The molecule has 2 rings (SSSR count). The molecule has 0 bridgehead atoms. The van der Waals surface area contributed by atoms with Crippen LogP contribution >= 0.6 is 0 Å². The molecular formula is C16H25NO3. The molecule has 4 heteroatoms. The van der Waals surface area contributed by atoms with Crippen LogP contribution < -0.4 is 0 Å². The fourth-order valence-electron chi connectivity index (χ4n) is 3.68. The molecule has 4 nitrogen and oxygen atoms in total. The van der Waals surface area contributed by atoms with E-state index in [4.69, 9.17) is 4.74 Å². The van der Waals surface area contributed by atoms with Crippen molar-refractivity contribution in [3.05, 3.63) is 12.7 Å². The van der Waals surface area contributed by atoms with Gasteiger partial charge in [-0.1, -0.05) is 26.8 Å². The Morgan fingerprint density at radius 1 is 1.50 bits per heavy atom. The molecule has 112 valence electrons. The van der Waals surface area contributed by atoms with Crippen molar-refractivity contribution in [2.45, 2.75) is 39.7 Å². The lowest BCUT2D eigenvalue weighted by Gasteiger charge is -2.31. The van der Waals surface area contributed by atoms with Gasteiger partial charge in [-0.15, -0.1) is 6.58 Å². The van der Waals surface area contributed by atoms with Crippen molar-refractivity contribution in [3.8, 4) is 0 Å². The molecule has 1 heterocycles. The van der Waals surface area contributed by atoms with Crippen LogP contribution in [0.2, 0.25) is 0 Å². The summed E-state index contributed by atoms with van der Waals surface area (Å²) < 4.78 is 4.92. The van der Waals surface area contributed by atoms with Crippen molar-refractivity contribution in [2.24, 2.45) is 23.2 Å². The van der Waals surface area contributed by atoms with Crippen molar-refractivity contribution in [3.63, 3.8) is 0 Å². The van der Waals surface area contributed by atoms with Gasteiger partial charge in [0.2, 0.25) is 5.91 Å². The lowest BCUT2D eigenvalue weighted by Crippen LogP contribution is -2.47. The van der Waals surface area contributed by atoms with Crippen molar-refractivity contribution in [2.75, 3.05) is 13.7 Å². The van der Waals surface area contributed by atoms with Gasteiger partial charge < -0.3 is 9.64 Å². The van der Waals surface area contributed by atoms with E-state index in [9.17, 15) is 9.59 Å². The molecule has 2 fully saturated rings. The second kappa shape index (κ2) is 5.23. The first-order valence-electron chi connectivity index (χ1n) is 7.35. The molecule has 0 aromatic rings. The topological polar surface area (TPSA) is 46.6 Å². The van der Waals surface area contributed by atoms with E-state index in [0.717, 1.165) is 12.8 Å². The van der Waals surface area contributed by atoms with E-state index in [1.807, 2.05) is 13.0 Å². The Morgan fingerprint density at radius 3 is 2.70 bits per heavy atom. The van der Waals surface area contributed by atoms with Gasteiger partial charge in [-0.3, -0.25) is 4.79 Å². The monoisotopic (exact) mass is 279 g/mol. The van der Waals surface area contributed by atoms with E-state index in [-0.39, 0.29) is 29.1 Å². The summed E-state index contributed by atoms with van der Waals surface area (Å²) in [5, 5.41) is 0. The Bertz CT molecular complexity index is 429. The summed E-state index contributed by atoms with van der Waals surface area (Å²) in [6.07, 6.45) is 3.43. The molecule has 2 unspecified atom stereocenters. The molecule has 20 heavy (non-hydrogen) atoms. The van der Waals surface area contributed by atoms with Gasteiger partial charge in [-0.2, -0.15) is 0 Å². The van der Waals surface area contributed by atoms with Gasteiger partial charge in [-0.25, -0.2) is 4.79 Å². The van der Waals surface area contributed by atoms with Gasteiger partial charge in [0.05, 0.1) is 7.11 Å². The van der Waals surface area contributed by atoms with Crippen LogP contribution in [0.1, 0.15) is 33.6 Å². The van der Waals surface area contributed by atoms with Crippen LogP contribution in [0.25, 0.3) is 0 Å². The van der Waals surface area contributed by atoms with Gasteiger partial charge in [0.25, 0.3) is 0 Å². The number of hydrogen-bond donors (Lipinski definition) is 0. The molecule has 0 aromatic heterocycles. The zero-order chi connectivity index (χ0) is 15.1. The Kier molecular flexibility index (Phi) is 3.94. The summed E-state index contributed by atoms with van der Waals surface area (Å²) in [7, 11) is 1.40. The minimum absolute atomic E-state index is 0.0687. The first kappa shape index (κ1) is 15.1. The number of piperidine rings is 1. The zero-order valence-electron chi connectivity index (χ0n) is 12.9. The van der Waals surface area contributed by atoms with E-state index < -0.39 is 6.04 Å². The van der Waals surface area contributed by atoms with Gasteiger partial charge in [0, 0.05) is 18.4 Å². The van der Waals surface area contributed by atoms with E-state index in [0.29, 0.717) is 12.5 Å². The SMILES string of the molecule is C=CCC[C@H](C)C(=O)N1CC2C([C@H]1C(=O)OC)C2(C)C. The molecular weight excluding hydrogens is 254 g/mol. The summed E-state index contributed by atoms with van der Waals surface area (Å²) >= 11 is 0. The Labute approximate surface area is 121 Å². The van der Waals surface area contributed by atoms with E-state index >= 15 is 0 Å². The highest BCUT2D eigenvalue weighted by Crippen LogP contribution is 2.65. The highest BCUT2D eigenvalue weighted by molar-refractivity contribution is 5.87. The van der Waals surface area contributed by atoms with Gasteiger partial charge in [-0.05, 0) is 24.2 Å². The number of allylic oxidation sites excluding steroid dienone is 1. The predicted molar refractivity (Wildman–Crippen MR) is 76.9 cm³/mol. The average molecular weight is 279 g/mol. The molecule has 1 saturated carbocycles. The second-order valence-corrected chi connectivity index (χ2v) is 6.68. The lowest BCUT2D eigenvalue weighted by atomic mass is 9.98. The van der Waals surface area contributed by atoms with Gasteiger partial charge in [0.1, 0.15) is 6.04 Å². The van der Waals surface area contributed by atoms with Crippen LogP contribution in [0.15, 0.2) is 12.7 Å². The van der Waals surface area contributed by atoms with Crippen LogP contribution in [0, 0.1) is 23.2 Å². The smallest absolute Gasteiger partial charge is 0.328 e. The summed E-state index contributed by atoms with van der Waals surface area (Å²) in [5.41, 5.74) is 0.153. The second-order valence-electron chi connectivity index (χ2n) is 6.68. The standard InChI is InChI=1S/C16H25NO3/c1-6-7-8-10(2)14(18)17-9-11-12(16(11,3)4)13(17)15(19)20-5/h6,10-13H,1,7-9H2,2-5H3/t10-,11?,12?,13-/m0/s1. The van der Waals surface area contributed by atoms with E-state index in [2.05, 4.69) is 20.4 Å². The van der Waals surface area contributed by atoms with Crippen LogP contribution in [0.3, 0.4) is 0 Å². The van der Waals surface area contributed by atoms with Crippen LogP contribution in [0.4, 0.5) is 0 Å². The third kappa shape index (κ3) is 2.25. The number of carbonyl (C=O) groups is 2. The average Bonchev–Trinajstić information content (AvgIpc) is 2.80. The quantitative estimate of drug-likeness (QED) is 0.573. The van der Waals surface area contributed by atoms with Gasteiger partial charge in [0.15, 0.2) is 0 Å². The molecule has 0 N–H and O–H groups in total. The number of amides is 1. The Hall–Kier alpha value is -1.32. The van der Waals surface area contributed by atoms with Gasteiger partial charge >= 0.3 is 5.97 Å². The molecule has 1 amide bonds. The van der Waals surface area contributed by atoms with Crippen LogP contribution in [0.5, 0.6) is 0 Å². The molecule has 0 aromatic carbocycles. The first-order chi connectivity index (χ1) is 9.36. The number of carbonyl (C=O) groups excluding carboxylic acids is 2. The van der Waals surface area contributed by atoms with E-state index in [1.54, 1.807) is 4.90 Å². The maximum atomic E-state index is 12.5. The maximum Gasteiger partial charge on any atom is 0.328 e. The number of likely N-dealkylation sites (tertiary alicyclic amines) is 1. The van der Waals surface area contributed by atoms with Crippen LogP contribution in [-0.2, 0) is 14.3 Å². The Balaban J connectivity index is 2.10. The third-order valence-electron chi connectivity index (χ3n) is 5.16. The van der Waals surface area contributed by atoms with Crippen molar-refractivity contribution in [1.29, 1.82) is 0 Å². The zero-order valence-corrected chi connectivity index (χ0v) is 12.9. The predicted octanol–water partition coefficient (Wildman–Crippen LogP) is 2.24. The number of fused-ring (bicyclic) bond motifs is 1.